The molecule has 2 rings (SSSR count). The maximum atomic E-state index is 13.2. The minimum Gasteiger partial charge on any atom is -0.392 e. The van der Waals surface area contributed by atoms with Gasteiger partial charge >= 0.3 is 6.18 Å². The number of amides is 1. The van der Waals surface area contributed by atoms with Gasteiger partial charge in [0.1, 0.15) is 0 Å². The molecule has 0 spiro atoms. The van der Waals surface area contributed by atoms with Crippen molar-refractivity contribution in [3.05, 3.63) is 29.3 Å². The topological polar surface area (TPSA) is 66.6 Å². The highest BCUT2D eigenvalue weighted by Gasteiger charge is 2.42. The molecule has 7 heteroatoms. The molecule has 4 nitrogen and oxygen atoms in total. The normalized spacial score (nSPS) is 22.6. The standard InChI is InChI=1S/C14H17F3N2O2/c1-13(12(18)21)4-5-19(8-13)11-3-2-9(7-20)6-10(11)14(15,16)17/h2-3,6,20H,4-5,7-8H2,1H3,(H2,18,21). The number of aliphatic hydroxyl groups excluding tert-OH is 1. The summed E-state index contributed by atoms with van der Waals surface area (Å²) in [6, 6.07) is 3.72. The Hall–Kier alpha value is -1.76. The second-order valence-corrected chi connectivity index (χ2v) is 5.60. The predicted octanol–water partition coefficient (Wildman–Crippen LogP) is 1.90. The second-order valence-electron chi connectivity index (χ2n) is 5.60. The van der Waals surface area contributed by atoms with Crippen molar-refractivity contribution in [3.63, 3.8) is 0 Å². The minimum atomic E-state index is -4.52. The third kappa shape index (κ3) is 2.97. The number of carbonyl (C=O) groups is 1. The molecule has 1 atom stereocenters. The van der Waals surface area contributed by atoms with Crippen molar-refractivity contribution in [2.75, 3.05) is 18.0 Å². The highest BCUT2D eigenvalue weighted by molar-refractivity contribution is 5.82. The van der Waals surface area contributed by atoms with Crippen LogP contribution < -0.4 is 10.6 Å². The number of nitrogens with zero attached hydrogens (tertiary/aromatic N) is 1. The quantitative estimate of drug-likeness (QED) is 0.896. The second kappa shape index (κ2) is 5.22. The lowest BCUT2D eigenvalue weighted by Gasteiger charge is -2.25. The first kappa shape index (κ1) is 15.6. The molecule has 116 valence electrons. The van der Waals surface area contributed by atoms with Crippen LogP contribution in [0, 0.1) is 5.41 Å². The summed E-state index contributed by atoms with van der Waals surface area (Å²) in [5, 5.41) is 9.00. The number of primary amides is 1. The first-order valence-corrected chi connectivity index (χ1v) is 6.53. The molecule has 1 amide bonds. The Morgan fingerprint density at radius 1 is 1.48 bits per heavy atom. The predicted molar refractivity (Wildman–Crippen MR) is 71.5 cm³/mol. The van der Waals surface area contributed by atoms with Crippen molar-refractivity contribution >= 4 is 11.6 Å². The summed E-state index contributed by atoms with van der Waals surface area (Å²) in [5.74, 6) is -0.509. The van der Waals surface area contributed by atoms with Crippen LogP contribution in [-0.2, 0) is 17.6 Å². The van der Waals surface area contributed by atoms with Crippen LogP contribution in [0.15, 0.2) is 18.2 Å². The molecule has 1 saturated heterocycles. The molecule has 21 heavy (non-hydrogen) atoms. The fraction of sp³-hybridized carbons (Fsp3) is 0.500. The van der Waals surface area contributed by atoms with Crippen molar-refractivity contribution < 1.29 is 23.1 Å². The third-order valence-electron chi connectivity index (χ3n) is 3.96. The van der Waals surface area contributed by atoms with Crippen molar-refractivity contribution in [1.29, 1.82) is 0 Å². The Morgan fingerprint density at radius 3 is 2.62 bits per heavy atom. The maximum Gasteiger partial charge on any atom is 0.418 e. The monoisotopic (exact) mass is 302 g/mol. The molecule has 0 aromatic heterocycles. The number of rotatable bonds is 3. The molecule has 1 aliphatic heterocycles. The van der Waals surface area contributed by atoms with Crippen molar-refractivity contribution in [1.82, 2.24) is 0 Å². The largest absolute Gasteiger partial charge is 0.418 e. The van der Waals surface area contributed by atoms with Gasteiger partial charge in [-0.25, -0.2) is 0 Å². The van der Waals surface area contributed by atoms with Gasteiger partial charge in [0.2, 0.25) is 5.91 Å². The Balaban J connectivity index is 2.39. The Morgan fingerprint density at radius 2 is 2.14 bits per heavy atom. The molecular formula is C14H17F3N2O2. The number of anilines is 1. The molecule has 0 radical (unpaired) electrons. The minimum absolute atomic E-state index is 0.0182. The Labute approximate surface area is 120 Å². The van der Waals surface area contributed by atoms with Gasteiger partial charge in [-0.3, -0.25) is 4.79 Å². The molecule has 3 N–H and O–H groups in total. The molecule has 1 heterocycles. The Kier molecular flexibility index (Phi) is 3.88. The first-order valence-electron chi connectivity index (χ1n) is 6.53. The maximum absolute atomic E-state index is 13.2. The number of carbonyl (C=O) groups excluding carboxylic acids is 1. The van der Waals surface area contributed by atoms with E-state index in [9.17, 15) is 18.0 Å². The van der Waals surface area contributed by atoms with E-state index in [0.717, 1.165) is 6.07 Å². The third-order valence-corrected chi connectivity index (χ3v) is 3.96. The smallest absolute Gasteiger partial charge is 0.392 e. The molecule has 0 bridgehead atoms. The highest BCUT2D eigenvalue weighted by Crippen LogP contribution is 2.41. The van der Waals surface area contributed by atoms with E-state index >= 15 is 0 Å². The fourth-order valence-electron chi connectivity index (χ4n) is 2.55. The van der Waals surface area contributed by atoms with E-state index in [4.69, 9.17) is 10.8 Å². The van der Waals surface area contributed by atoms with Gasteiger partial charge in [-0.15, -0.1) is 0 Å². The number of benzene rings is 1. The van der Waals surface area contributed by atoms with E-state index in [1.54, 1.807) is 6.92 Å². The highest BCUT2D eigenvalue weighted by atomic mass is 19.4. The zero-order chi connectivity index (χ0) is 15.8. The van der Waals surface area contributed by atoms with E-state index in [1.165, 1.54) is 17.0 Å². The van der Waals surface area contributed by atoms with Gasteiger partial charge in [0.25, 0.3) is 0 Å². The number of hydrogen-bond acceptors (Lipinski definition) is 3. The molecule has 1 unspecified atom stereocenters. The average molecular weight is 302 g/mol. The van der Waals surface area contributed by atoms with Crippen LogP contribution in [0.2, 0.25) is 0 Å². The Bertz CT molecular complexity index is 560. The van der Waals surface area contributed by atoms with Crippen LogP contribution in [0.25, 0.3) is 0 Å². The van der Waals surface area contributed by atoms with E-state index in [1.807, 2.05) is 0 Å². The first-order chi connectivity index (χ1) is 9.67. The molecule has 1 aliphatic rings. The van der Waals surface area contributed by atoms with Crippen LogP contribution in [0.4, 0.5) is 18.9 Å². The summed E-state index contributed by atoms with van der Waals surface area (Å²) in [6.07, 6.45) is -4.10. The average Bonchev–Trinajstić information content (AvgIpc) is 2.81. The summed E-state index contributed by atoms with van der Waals surface area (Å²) in [7, 11) is 0. The number of aliphatic hydroxyl groups is 1. The van der Waals surface area contributed by atoms with Crippen molar-refractivity contribution in [2.45, 2.75) is 26.1 Å². The molecule has 1 fully saturated rings. The lowest BCUT2D eigenvalue weighted by molar-refractivity contribution is -0.137. The number of nitrogens with two attached hydrogens (primary N) is 1. The summed E-state index contributed by atoms with van der Waals surface area (Å²) < 4.78 is 39.5. The summed E-state index contributed by atoms with van der Waals surface area (Å²) in [4.78, 5) is 12.9. The SMILES string of the molecule is CC1(C(N)=O)CCN(c2ccc(CO)cc2C(F)(F)F)C1. The van der Waals surface area contributed by atoms with Gasteiger partial charge in [0.15, 0.2) is 0 Å². The lowest BCUT2D eigenvalue weighted by Crippen LogP contribution is -2.37. The van der Waals surface area contributed by atoms with Gasteiger partial charge < -0.3 is 15.7 Å². The molecule has 0 saturated carbocycles. The summed E-state index contributed by atoms with van der Waals surface area (Å²) in [5.41, 5.74) is 3.91. The van der Waals surface area contributed by atoms with Crippen LogP contribution in [-0.4, -0.2) is 24.1 Å². The van der Waals surface area contributed by atoms with Gasteiger partial charge in [-0.2, -0.15) is 13.2 Å². The van der Waals surface area contributed by atoms with Gasteiger partial charge in [-0.1, -0.05) is 6.07 Å². The van der Waals surface area contributed by atoms with Crippen molar-refractivity contribution in [2.24, 2.45) is 11.1 Å². The molecule has 1 aromatic carbocycles. The van der Waals surface area contributed by atoms with Crippen LogP contribution >= 0.6 is 0 Å². The van der Waals surface area contributed by atoms with Crippen molar-refractivity contribution in [3.8, 4) is 0 Å². The van der Waals surface area contributed by atoms with Crippen LogP contribution in [0.1, 0.15) is 24.5 Å². The van der Waals surface area contributed by atoms with E-state index in [0.29, 0.717) is 13.0 Å². The van der Waals surface area contributed by atoms with Crippen LogP contribution in [0.5, 0.6) is 0 Å². The fourth-order valence-corrected chi connectivity index (χ4v) is 2.55. The number of alkyl halides is 3. The number of halogens is 3. The molecule has 1 aromatic rings. The van der Waals surface area contributed by atoms with E-state index in [-0.39, 0.29) is 17.8 Å². The lowest BCUT2D eigenvalue weighted by atomic mass is 9.89. The molecule has 0 aliphatic carbocycles. The summed E-state index contributed by atoms with van der Waals surface area (Å²) in [6.45, 7) is 1.69. The molecular weight excluding hydrogens is 285 g/mol. The zero-order valence-electron chi connectivity index (χ0n) is 11.6. The zero-order valence-corrected chi connectivity index (χ0v) is 11.6. The number of hydrogen-bond donors (Lipinski definition) is 2. The van der Waals surface area contributed by atoms with Gasteiger partial charge in [0.05, 0.1) is 17.6 Å². The van der Waals surface area contributed by atoms with Gasteiger partial charge in [-0.05, 0) is 31.0 Å². The van der Waals surface area contributed by atoms with Crippen LogP contribution in [0.3, 0.4) is 0 Å². The van der Waals surface area contributed by atoms with Gasteiger partial charge in [0, 0.05) is 18.8 Å². The summed E-state index contributed by atoms with van der Waals surface area (Å²) >= 11 is 0. The van der Waals surface area contributed by atoms with E-state index < -0.39 is 29.7 Å². The van der Waals surface area contributed by atoms with E-state index in [2.05, 4.69) is 0 Å².